The molecule has 5 heteroatoms. The molecule has 0 aliphatic carbocycles. The van der Waals surface area contributed by atoms with Crippen LogP contribution in [-0.4, -0.2) is 22.2 Å². The molecule has 1 aromatic carbocycles. The predicted molar refractivity (Wildman–Crippen MR) is 77.2 cm³/mol. The molecular formula is C13H14N4S. The van der Waals surface area contributed by atoms with E-state index in [1.807, 2.05) is 37.1 Å². The van der Waals surface area contributed by atoms with Gasteiger partial charge in [-0.15, -0.1) is 5.10 Å². The summed E-state index contributed by atoms with van der Waals surface area (Å²) in [6.45, 7) is 2.04. The maximum absolute atomic E-state index is 5.70. The zero-order chi connectivity index (χ0) is 13.1. The lowest BCUT2D eigenvalue weighted by Crippen LogP contribution is -2.19. The van der Waals surface area contributed by atoms with Crippen molar-refractivity contribution in [1.29, 1.82) is 0 Å². The number of anilines is 2. The molecule has 0 atom stereocenters. The van der Waals surface area contributed by atoms with E-state index in [0.717, 1.165) is 11.3 Å². The van der Waals surface area contributed by atoms with Crippen molar-refractivity contribution < 1.29 is 0 Å². The van der Waals surface area contributed by atoms with E-state index >= 15 is 0 Å². The summed E-state index contributed by atoms with van der Waals surface area (Å²) < 4.78 is 0. The molecule has 0 fully saturated rings. The average Bonchev–Trinajstić information content (AvgIpc) is 2.38. The predicted octanol–water partition coefficient (Wildman–Crippen LogP) is 2.19. The standard InChI is InChI=1S/C13H14N4S/c1-9-4-3-5-10(8-9)17(2)13-11(12(14)18)6-7-15-16-13/h3-8H,1-2H3,(H2,14,18). The van der Waals surface area contributed by atoms with Crippen molar-refractivity contribution in [2.24, 2.45) is 5.73 Å². The Bertz CT molecular complexity index is 583. The minimum atomic E-state index is 0.319. The van der Waals surface area contributed by atoms with Gasteiger partial charge in [0.15, 0.2) is 5.82 Å². The van der Waals surface area contributed by atoms with Crippen LogP contribution >= 0.6 is 12.2 Å². The zero-order valence-corrected chi connectivity index (χ0v) is 11.1. The van der Waals surface area contributed by atoms with E-state index in [1.165, 1.54) is 5.56 Å². The maximum atomic E-state index is 5.70. The van der Waals surface area contributed by atoms with E-state index in [1.54, 1.807) is 12.3 Å². The third kappa shape index (κ3) is 2.46. The van der Waals surface area contributed by atoms with Gasteiger partial charge in [-0.25, -0.2) is 0 Å². The first kappa shape index (κ1) is 12.4. The molecule has 2 N–H and O–H groups in total. The van der Waals surface area contributed by atoms with Crippen LogP contribution in [0.15, 0.2) is 36.5 Å². The van der Waals surface area contributed by atoms with Crippen LogP contribution in [0.4, 0.5) is 11.5 Å². The molecule has 2 aromatic rings. The van der Waals surface area contributed by atoms with Crippen LogP contribution < -0.4 is 10.6 Å². The van der Waals surface area contributed by atoms with Gasteiger partial charge in [-0.05, 0) is 30.7 Å². The quantitative estimate of drug-likeness (QED) is 0.855. The van der Waals surface area contributed by atoms with Crippen LogP contribution in [0.5, 0.6) is 0 Å². The smallest absolute Gasteiger partial charge is 0.165 e. The number of thiocarbonyl (C=S) groups is 1. The maximum Gasteiger partial charge on any atom is 0.165 e. The van der Waals surface area contributed by atoms with Crippen LogP contribution in [0.2, 0.25) is 0 Å². The van der Waals surface area contributed by atoms with E-state index in [0.29, 0.717) is 10.8 Å². The summed E-state index contributed by atoms with van der Waals surface area (Å²) in [6, 6.07) is 9.89. The van der Waals surface area contributed by atoms with Gasteiger partial charge in [-0.3, -0.25) is 0 Å². The summed E-state index contributed by atoms with van der Waals surface area (Å²) in [5.41, 5.74) is 8.63. The van der Waals surface area contributed by atoms with Gasteiger partial charge in [0.05, 0.1) is 11.8 Å². The molecule has 1 aromatic heterocycles. The molecular weight excluding hydrogens is 244 g/mol. The summed E-state index contributed by atoms with van der Waals surface area (Å²) in [5.74, 6) is 0.663. The summed E-state index contributed by atoms with van der Waals surface area (Å²) in [7, 11) is 1.92. The molecule has 0 saturated carbocycles. The largest absolute Gasteiger partial charge is 0.389 e. The highest BCUT2D eigenvalue weighted by Gasteiger charge is 2.13. The number of hydrogen-bond acceptors (Lipinski definition) is 4. The topological polar surface area (TPSA) is 55.0 Å². The number of nitrogens with zero attached hydrogens (tertiary/aromatic N) is 3. The molecule has 0 aliphatic heterocycles. The van der Waals surface area contributed by atoms with E-state index in [9.17, 15) is 0 Å². The molecule has 0 unspecified atom stereocenters. The van der Waals surface area contributed by atoms with Crippen LogP contribution in [0.3, 0.4) is 0 Å². The van der Waals surface area contributed by atoms with E-state index in [-0.39, 0.29) is 0 Å². The summed E-state index contributed by atoms with van der Waals surface area (Å²) in [6.07, 6.45) is 1.59. The van der Waals surface area contributed by atoms with Crippen molar-refractivity contribution >= 4 is 28.7 Å². The highest BCUT2D eigenvalue weighted by molar-refractivity contribution is 7.80. The van der Waals surface area contributed by atoms with Gasteiger partial charge >= 0.3 is 0 Å². The Kier molecular flexibility index (Phi) is 3.53. The normalized spacial score (nSPS) is 10.1. The molecule has 0 saturated heterocycles. The first-order valence-electron chi connectivity index (χ1n) is 5.51. The second kappa shape index (κ2) is 5.10. The molecule has 0 bridgehead atoms. The molecule has 18 heavy (non-hydrogen) atoms. The van der Waals surface area contributed by atoms with Gasteiger partial charge in [0.1, 0.15) is 4.99 Å². The number of benzene rings is 1. The minimum Gasteiger partial charge on any atom is -0.389 e. The number of aryl methyl sites for hydroxylation is 1. The van der Waals surface area contributed by atoms with Gasteiger partial charge in [0.25, 0.3) is 0 Å². The van der Waals surface area contributed by atoms with Crippen molar-refractivity contribution in [3.63, 3.8) is 0 Å². The molecule has 0 aliphatic rings. The number of nitrogens with two attached hydrogens (primary N) is 1. The first-order valence-corrected chi connectivity index (χ1v) is 5.92. The lowest BCUT2D eigenvalue weighted by molar-refractivity contribution is 0.983. The number of aromatic nitrogens is 2. The molecule has 4 nitrogen and oxygen atoms in total. The van der Waals surface area contributed by atoms with Crippen LogP contribution in [0, 0.1) is 6.92 Å². The van der Waals surface area contributed by atoms with Gasteiger partial charge in [-0.1, -0.05) is 24.4 Å². The first-order chi connectivity index (χ1) is 8.59. The molecule has 92 valence electrons. The second-order valence-corrected chi connectivity index (χ2v) is 4.47. The highest BCUT2D eigenvalue weighted by Crippen LogP contribution is 2.24. The Morgan fingerprint density at radius 1 is 1.33 bits per heavy atom. The van der Waals surface area contributed by atoms with Crippen LogP contribution in [0.1, 0.15) is 11.1 Å². The Hall–Kier alpha value is -2.01. The van der Waals surface area contributed by atoms with Crippen LogP contribution in [-0.2, 0) is 0 Å². The number of hydrogen-bond donors (Lipinski definition) is 1. The van der Waals surface area contributed by atoms with E-state index in [4.69, 9.17) is 18.0 Å². The number of rotatable bonds is 3. The minimum absolute atomic E-state index is 0.319. The fourth-order valence-electron chi connectivity index (χ4n) is 1.72. The fourth-order valence-corrected chi connectivity index (χ4v) is 1.88. The van der Waals surface area contributed by atoms with Gasteiger partial charge in [0, 0.05) is 12.7 Å². The lowest BCUT2D eigenvalue weighted by atomic mass is 10.2. The molecule has 2 rings (SSSR count). The summed E-state index contributed by atoms with van der Waals surface area (Å²) in [5, 5.41) is 8.00. The molecule has 0 spiro atoms. The Balaban J connectivity index is 2.46. The SMILES string of the molecule is Cc1cccc(N(C)c2nnccc2C(N)=S)c1. The molecule has 0 amide bonds. The zero-order valence-electron chi connectivity index (χ0n) is 10.3. The monoisotopic (exact) mass is 258 g/mol. The van der Waals surface area contributed by atoms with Crippen molar-refractivity contribution in [3.8, 4) is 0 Å². The van der Waals surface area contributed by atoms with Gasteiger partial charge < -0.3 is 10.6 Å². The summed E-state index contributed by atoms with van der Waals surface area (Å²) >= 11 is 5.03. The molecule has 1 heterocycles. The Morgan fingerprint density at radius 3 is 2.78 bits per heavy atom. The Morgan fingerprint density at radius 2 is 2.11 bits per heavy atom. The lowest BCUT2D eigenvalue weighted by Gasteiger charge is -2.20. The summed E-state index contributed by atoms with van der Waals surface area (Å²) in [4.78, 5) is 2.24. The third-order valence-electron chi connectivity index (χ3n) is 2.67. The van der Waals surface area contributed by atoms with Crippen molar-refractivity contribution in [1.82, 2.24) is 10.2 Å². The van der Waals surface area contributed by atoms with Crippen molar-refractivity contribution in [3.05, 3.63) is 47.7 Å². The molecule has 0 radical (unpaired) electrons. The highest BCUT2D eigenvalue weighted by atomic mass is 32.1. The van der Waals surface area contributed by atoms with Crippen molar-refractivity contribution in [2.45, 2.75) is 6.92 Å². The van der Waals surface area contributed by atoms with Crippen molar-refractivity contribution in [2.75, 3.05) is 11.9 Å². The van der Waals surface area contributed by atoms with E-state index in [2.05, 4.69) is 16.3 Å². The van der Waals surface area contributed by atoms with E-state index < -0.39 is 0 Å². The van der Waals surface area contributed by atoms with Crippen LogP contribution in [0.25, 0.3) is 0 Å². The Labute approximate surface area is 111 Å². The van der Waals surface area contributed by atoms with Gasteiger partial charge in [-0.2, -0.15) is 5.10 Å². The fraction of sp³-hybridized carbons (Fsp3) is 0.154. The average molecular weight is 258 g/mol. The third-order valence-corrected chi connectivity index (χ3v) is 2.89. The van der Waals surface area contributed by atoms with Gasteiger partial charge in [0.2, 0.25) is 0 Å². The second-order valence-electron chi connectivity index (χ2n) is 4.03.